The van der Waals surface area contributed by atoms with Crippen molar-refractivity contribution in [3.63, 3.8) is 0 Å². The second-order valence-electron chi connectivity index (χ2n) is 5.07. The fourth-order valence-electron chi connectivity index (χ4n) is 2.09. The number of benzene rings is 2. The van der Waals surface area contributed by atoms with E-state index in [1.807, 2.05) is 0 Å². The van der Waals surface area contributed by atoms with Crippen molar-refractivity contribution in [2.75, 3.05) is 10.6 Å². The van der Waals surface area contributed by atoms with E-state index in [9.17, 15) is 13.2 Å². The van der Waals surface area contributed by atoms with Gasteiger partial charge in [0.2, 0.25) is 10.0 Å². The first kappa shape index (κ1) is 17.8. The van der Waals surface area contributed by atoms with Crippen molar-refractivity contribution in [2.24, 2.45) is 0 Å². The summed E-state index contributed by atoms with van der Waals surface area (Å²) in [5, 5.41) is 0.790. The Kier molecular flexibility index (Phi) is 5.34. The molecule has 0 saturated carbocycles. The molecule has 0 aliphatic carbocycles. The number of carbonyl (C=O) groups excluding carboxylic acids is 1. The van der Waals surface area contributed by atoms with Crippen LogP contribution in [0, 0.1) is 0 Å². The van der Waals surface area contributed by atoms with Crippen molar-refractivity contribution in [3.05, 3.63) is 63.6 Å². The average molecular weight is 372 g/mol. The number of rotatable bonds is 5. The molecular formula is C16H15Cl2NO3S. The van der Waals surface area contributed by atoms with Crippen molar-refractivity contribution in [3.8, 4) is 0 Å². The van der Waals surface area contributed by atoms with Gasteiger partial charge in [-0.05, 0) is 43.3 Å². The summed E-state index contributed by atoms with van der Waals surface area (Å²) in [6, 6.07) is 11.4. The van der Waals surface area contributed by atoms with Crippen LogP contribution in [0.15, 0.2) is 42.5 Å². The van der Waals surface area contributed by atoms with Gasteiger partial charge in [0.15, 0.2) is 5.78 Å². The van der Waals surface area contributed by atoms with Gasteiger partial charge in [0, 0.05) is 21.2 Å². The number of Topliss-reactive ketones (excluding diaryl/α,β-unsaturated/α-hetero) is 1. The van der Waals surface area contributed by atoms with Gasteiger partial charge in [-0.1, -0.05) is 29.3 Å². The van der Waals surface area contributed by atoms with E-state index in [1.165, 1.54) is 11.2 Å². The maximum atomic E-state index is 12.2. The van der Waals surface area contributed by atoms with Crippen molar-refractivity contribution in [1.29, 1.82) is 0 Å². The third-order valence-electron chi connectivity index (χ3n) is 3.33. The van der Waals surface area contributed by atoms with Gasteiger partial charge in [-0.25, -0.2) is 8.42 Å². The Labute approximate surface area is 145 Å². The number of ketones is 1. The molecule has 122 valence electrons. The van der Waals surface area contributed by atoms with Crippen LogP contribution in [0.3, 0.4) is 0 Å². The molecule has 0 amide bonds. The van der Waals surface area contributed by atoms with Gasteiger partial charge in [-0.15, -0.1) is 0 Å². The predicted molar refractivity (Wildman–Crippen MR) is 93.9 cm³/mol. The van der Waals surface area contributed by atoms with Gasteiger partial charge >= 0.3 is 0 Å². The summed E-state index contributed by atoms with van der Waals surface area (Å²) >= 11 is 12.3. The number of hydrogen-bond donors (Lipinski definition) is 0. The Hall–Kier alpha value is -1.56. The largest absolute Gasteiger partial charge is 0.295 e. The third-order valence-corrected chi connectivity index (χ3v) is 5.17. The lowest BCUT2D eigenvalue weighted by Gasteiger charge is -2.23. The Morgan fingerprint density at radius 3 is 2.00 bits per heavy atom. The molecule has 0 heterocycles. The summed E-state index contributed by atoms with van der Waals surface area (Å²) < 4.78 is 25.5. The highest BCUT2D eigenvalue weighted by atomic mass is 35.5. The molecule has 0 spiro atoms. The maximum absolute atomic E-state index is 12.2. The summed E-state index contributed by atoms with van der Waals surface area (Å²) in [6.07, 6.45) is 1.11. The van der Waals surface area contributed by atoms with Crippen molar-refractivity contribution < 1.29 is 13.2 Å². The van der Waals surface area contributed by atoms with E-state index in [4.69, 9.17) is 23.2 Å². The average Bonchev–Trinajstić information content (AvgIpc) is 2.46. The van der Waals surface area contributed by atoms with Crippen LogP contribution >= 0.6 is 23.2 Å². The summed E-state index contributed by atoms with van der Waals surface area (Å²) in [5.41, 5.74) is 1.48. The molecule has 0 N–H and O–H groups in total. The highest BCUT2D eigenvalue weighted by molar-refractivity contribution is 7.92. The number of hydrogen-bond acceptors (Lipinski definition) is 3. The molecule has 0 atom stereocenters. The van der Waals surface area contributed by atoms with Crippen LogP contribution in [0.1, 0.15) is 22.8 Å². The SMILES string of the molecule is CC(=O)c1ccc(N(Cc2c(Cl)cccc2Cl)S(C)(=O)=O)cc1. The minimum atomic E-state index is -3.55. The van der Waals surface area contributed by atoms with Crippen molar-refractivity contribution in [1.82, 2.24) is 0 Å². The summed E-state index contributed by atoms with van der Waals surface area (Å²) in [7, 11) is -3.55. The molecular weight excluding hydrogens is 357 g/mol. The van der Waals surface area contributed by atoms with Crippen LogP contribution in [0.2, 0.25) is 10.0 Å². The molecule has 0 aliphatic heterocycles. The van der Waals surface area contributed by atoms with Crippen molar-refractivity contribution in [2.45, 2.75) is 13.5 Å². The Balaban J connectivity index is 2.45. The highest BCUT2D eigenvalue weighted by Crippen LogP contribution is 2.29. The van der Waals surface area contributed by atoms with E-state index in [2.05, 4.69) is 0 Å². The number of carbonyl (C=O) groups is 1. The van der Waals surface area contributed by atoms with Crippen LogP contribution in [-0.4, -0.2) is 20.5 Å². The smallest absolute Gasteiger partial charge is 0.232 e. The minimum absolute atomic E-state index is 0.0107. The number of anilines is 1. The quantitative estimate of drug-likeness (QED) is 0.741. The van der Waals surface area contributed by atoms with Crippen molar-refractivity contribution >= 4 is 44.7 Å². The highest BCUT2D eigenvalue weighted by Gasteiger charge is 2.20. The van der Waals surface area contributed by atoms with Crippen LogP contribution in [0.5, 0.6) is 0 Å². The number of sulfonamides is 1. The molecule has 0 radical (unpaired) electrons. The van der Waals surface area contributed by atoms with Gasteiger partial charge in [0.1, 0.15) is 0 Å². The fraction of sp³-hybridized carbons (Fsp3) is 0.188. The monoisotopic (exact) mass is 371 g/mol. The fourth-order valence-corrected chi connectivity index (χ4v) is 3.47. The molecule has 0 aliphatic rings. The second-order valence-corrected chi connectivity index (χ2v) is 7.79. The van der Waals surface area contributed by atoms with Gasteiger partial charge in [-0.3, -0.25) is 9.10 Å². The first-order valence-corrected chi connectivity index (χ1v) is 9.32. The predicted octanol–water partition coefficient (Wildman–Crippen LogP) is 4.16. The molecule has 4 nitrogen and oxygen atoms in total. The van der Waals surface area contributed by atoms with Crippen LogP contribution < -0.4 is 4.31 Å². The molecule has 2 aromatic rings. The molecule has 0 aromatic heterocycles. The van der Waals surface area contributed by atoms with Crippen LogP contribution in [0.4, 0.5) is 5.69 Å². The lowest BCUT2D eigenvalue weighted by atomic mass is 10.1. The molecule has 7 heteroatoms. The third kappa shape index (κ3) is 4.25. The van der Waals surface area contributed by atoms with Crippen LogP contribution in [-0.2, 0) is 16.6 Å². The molecule has 23 heavy (non-hydrogen) atoms. The molecule has 0 bridgehead atoms. The van der Waals surface area contributed by atoms with Gasteiger partial charge < -0.3 is 0 Å². The summed E-state index contributed by atoms with van der Waals surface area (Å²) in [4.78, 5) is 11.3. The van der Waals surface area contributed by atoms with Gasteiger partial charge in [-0.2, -0.15) is 0 Å². The number of halogens is 2. The van der Waals surface area contributed by atoms with Gasteiger partial charge in [0.05, 0.1) is 18.5 Å². The summed E-state index contributed by atoms with van der Waals surface area (Å²) in [5.74, 6) is -0.0865. The zero-order valence-electron chi connectivity index (χ0n) is 12.6. The first-order valence-electron chi connectivity index (χ1n) is 6.72. The lowest BCUT2D eigenvalue weighted by Crippen LogP contribution is -2.29. The minimum Gasteiger partial charge on any atom is -0.295 e. The van der Waals surface area contributed by atoms with E-state index in [0.717, 1.165) is 6.26 Å². The molecule has 0 unspecified atom stereocenters. The van der Waals surface area contributed by atoms with E-state index in [1.54, 1.807) is 42.5 Å². The molecule has 0 fully saturated rings. The van der Waals surface area contributed by atoms with E-state index < -0.39 is 10.0 Å². The first-order chi connectivity index (χ1) is 10.7. The lowest BCUT2D eigenvalue weighted by molar-refractivity contribution is 0.101. The normalized spacial score (nSPS) is 11.3. The molecule has 2 aromatic carbocycles. The number of nitrogens with zero attached hydrogens (tertiary/aromatic N) is 1. The van der Waals surface area contributed by atoms with Crippen LogP contribution in [0.25, 0.3) is 0 Å². The zero-order valence-corrected chi connectivity index (χ0v) is 14.9. The van der Waals surface area contributed by atoms with E-state index >= 15 is 0 Å². The Bertz CT molecular complexity index is 813. The Morgan fingerprint density at radius 1 is 1.04 bits per heavy atom. The van der Waals surface area contributed by atoms with E-state index in [-0.39, 0.29) is 12.3 Å². The van der Waals surface area contributed by atoms with Gasteiger partial charge in [0.25, 0.3) is 0 Å². The van der Waals surface area contributed by atoms with E-state index in [0.29, 0.717) is 26.9 Å². The molecule has 0 saturated heterocycles. The maximum Gasteiger partial charge on any atom is 0.232 e. The Morgan fingerprint density at radius 2 is 1.57 bits per heavy atom. The molecule has 2 rings (SSSR count). The topological polar surface area (TPSA) is 54.5 Å². The second kappa shape index (κ2) is 6.91. The standard InChI is InChI=1S/C16H15Cl2NO3S/c1-11(20)12-6-8-13(9-7-12)19(23(2,21)22)10-14-15(17)4-3-5-16(14)18/h3-9H,10H2,1-2H3. The zero-order chi connectivity index (χ0) is 17.2. The summed E-state index contributed by atoms with van der Waals surface area (Å²) in [6.45, 7) is 1.46.